The highest BCUT2D eigenvalue weighted by Crippen LogP contribution is 2.18. The highest BCUT2D eigenvalue weighted by atomic mass is 35.5. The van der Waals surface area contributed by atoms with Crippen molar-refractivity contribution in [2.45, 2.75) is 6.42 Å². The maximum absolute atomic E-state index is 8.03. The van der Waals surface area contributed by atoms with Crippen molar-refractivity contribution in [2.24, 2.45) is 5.11 Å². The lowest BCUT2D eigenvalue weighted by molar-refractivity contribution is 1.01. The van der Waals surface area contributed by atoms with Crippen LogP contribution in [0.5, 0.6) is 0 Å². The minimum atomic E-state index is 0.381. The van der Waals surface area contributed by atoms with E-state index in [9.17, 15) is 0 Å². The topological polar surface area (TPSA) is 74.8 Å². The van der Waals surface area contributed by atoms with Gasteiger partial charge in [-0.2, -0.15) is 0 Å². The van der Waals surface area contributed by atoms with Crippen LogP contribution in [0.15, 0.2) is 23.3 Å². The van der Waals surface area contributed by atoms with Crippen LogP contribution in [0.2, 0.25) is 5.02 Å². The van der Waals surface area contributed by atoms with Gasteiger partial charge in [0.25, 0.3) is 0 Å². The lowest BCUT2D eigenvalue weighted by atomic mass is 10.2. The van der Waals surface area contributed by atoms with E-state index in [4.69, 9.17) is 22.9 Å². The molecule has 0 saturated carbocycles. The van der Waals surface area contributed by atoms with E-state index in [-0.39, 0.29) is 0 Å². The number of nitrogen functional groups attached to an aromatic ring is 1. The number of hydrogen-bond acceptors (Lipinski definition) is 2. The summed E-state index contributed by atoms with van der Waals surface area (Å²) in [6, 6.07) is 5.21. The largest absolute Gasteiger partial charge is 0.398 e. The summed E-state index contributed by atoms with van der Waals surface area (Å²) in [4.78, 5) is 2.63. The van der Waals surface area contributed by atoms with Gasteiger partial charge in [-0.3, -0.25) is 0 Å². The molecule has 76 valence electrons. The number of anilines is 1. The molecule has 0 fully saturated rings. The van der Waals surface area contributed by atoms with Crippen LogP contribution in [0.1, 0.15) is 12.0 Å². The van der Waals surface area contributed by atoms with Crippen molar-refractivity contribution in [3.8, 4) is 11.8 Å². The van der Waals surface area contributed by atoms with Gasteiger partial charge in [-0.25, -0.2) is 0 Å². The summed E-state index contributed by atoms with van der Waals surface area (Å²) in [7, 11) is 0. The molecule has 0 aromatic heterocycles. The van der Waals surface area contributed by atoms with E-state index >= 15 is 0 Å². The molecule has 1 aromatic rings. The molecule has 2 N–H and O–H groups in total. The van der Waals surface area contributed by atoms with Crippen LogP contribution in [0.3, 0.4) is 0 Å². The van der Waals surface area contributed by atoms with Gasteiger partial charge < -0.3 is 5.73 Å². The van der Waals surface area contributed by atoms with Crippen molar-refractivity contribution in [3.63, 3.8) is 0 Å². The molecular weight excluding hydrogens is 212 g/mol. The van der Waals surface area contributed by atoms with Gasteiger partial charge in [0.1, 0.15) is 0 Å². The van der Waals surface area contributed by atoms with Gasteiger partial charge in [0.05, 0.1) is 10.7 Å². The zero-order chi connectivity index (χ0) is 11.1. The van der Waals surface area contributed by atoms with Gasteiger partial charge in [-0.05, 0) is 23.7 Å². The molecule has 0 aliphatic carbocycles. The zero-order valence-corrected chi connectivity index (χ0v) is 8.70. The predicted octanol–water partition coefficient (Wildman–Crippen LogP) is 2.97. The van der Waals surface area contributed by atoms with Crippen molar-refractivity contribution < 1.29 is 0 Å². The lowest BCUT2D eigenvalue weighted by Gasteiger charge is -1.96. The molecule has 15 heavy (non-hydrogen) atoms. The maximum Gasteiger partial charge on any atom is 0.0647 e. The van der Waals surface area contributed by atoms with E-state index in [2.05, 4.69) is 21.9 Å². The van der Waals surface area contributed by atoms with Crippen LogP contribution in [0.4, 0.5) is 5.69 Å². The second kappa shape index (κ2) is 5.82. The molecule has 0 radical (unpaired) electrons. The third-order valence-corrected chi connectivity index (χ3v) is 1.96. The molecule has 0 atom stereocenters. The summed E-state index contributed by atoms with van der Waals surface area (Å²) in [6.07, 6.45) is 0.534. The van der Waals surface area contributed by atoms with E-state index in [0.717, 1.165) is 5.56 Å². The van der Waals surface area contributed by atoms with Crippen molar-refractivity contribution in [1.29, 1.82) is 0 Å². The molecule has 0 unspecified atom stereocenters. The Bertz CT molecular complexity index is 452. The molecular formula is C10H9ClN4. The van der Waals surface area contributed by atoms with Crippen molar-refractivity contribution in [3.05, 3.63) is 39.2 Å². The van der Waals surface area contributed by atoms with Crippen molar-refractivity contribution in [1.82, 2.24) is 0 Å². The Balaban J connectivity index is 2.64. The van der Waals surface area contributed by atoms with E-state index in [1.807, 2.05) is 0 Å². The smallest absolute Gasteiger partial charge is 0.0647 e. The summed E-state index contributed by atoms with van der Waals surface area (Å²) in [5.74, 6) is 5.77. The van der Waals surface area contributed by atoms with Gasteiger partial charge in [-0.1, -0.05) is 28.6 Å². The van der Waals surface area contributed by atoms with Crippen LogP contribution >= 0.6 is 11.6 Å². The normalized spacial score (nSPS) is 8.60. The summed E-state index contributed by atoms with van der Waals surface area (Å²) >= 11 is 5.82. The maximum atomic E-state index is 8.03. The Hall–Kier alpha value is -1.82. The fourth-order valence-corrected chi connectivity index (χ4v) is 1.10. The number of halogens is 1. The van der Waals surface area contributed by atoms with Gasteiger partial charge >= 0.3 is 0 Å². The number of hydrogen-bond donors (Lipinski definition) is 1. The molecule has 0 spiro atoms. The number of nitrogens with two attached hydrogens (primary N) is 1. The van der Waals surface area contributed by atoms with E-state index < -0.39 is 0 Å². The first-order valence-corrected chi connectivity index (χ1v) is 4.66. The highest BCUT2D eigenvalue weighted by molar-refractivity contribution is 6.33. The quantitative estimate of drug-likeness (QED) is 0.204. The Morgan fingerprint density at radius 1 is 1.53 bits per heavy atom. The average Bonchev–Trinajstić information content (AvgIpc) is 2.23. The first-order chi connectivity index (χ1) is 7.24. The molecule has 0 bridgehead atoms. The molecule has 0 aliphatic heterocycles. The van der Waals surface area contributed by atoms with Crippen LogP contribution in [-0.2, 0) is 0 Å². The van der Waals surface area contributed by atoms with Crippen LogP contribution in [0, 0.1) is 11.8 Å². The minimum absolute atomic E-state index is 0.381. The summed E-state index contributed by atoms with van der Waals surface area (Å²) < 4.78 is 0. The van der Waals surface area contributed by atoms with E-state index in [1.165, 1.54) is 0 Å². The van der Waals surface area contributed by atoms with Gasteiger partial charge in [0.15, 0.2) is 0 Å². The molecule has 0 amide bonds. The fourth-order valence-electron chi connectivity index (χ4n) is 0.920. The first-order valence-electron chi connectivity index (χ1n) is 4.29. The third kappa shape index (κ3) is 3.82. The molecule has 1 rings (SSSR count). The summed E-state index contributed by atoms with van der Waals surface area (Å²) in [5, 5.41) is 3.86. The molecule has 0 aliphatic rings. The van der Waals surface area contributed by atoms with Crippen LogP contribution < -0.4 is 5.73 Å². The fraction of sp³-hybridized carbons (Fsp3) is 0.200. The zero-order valence-electron chi connectivity index (χ0n) is 7.94. The second-order valence-electron chi connectivity index (χ2n) is 2.74. The number of rotatable bonds is 2. The molecule has 5 heteroatoms. The monoisotopic (exact) mass is 220 g/mol. The first kappa shape index (κ1) is 11.3. The number of nitrogens with zero attached hydrogens (tertiary/aromatic N) is 3. The SMILES string of the molecule is [N-]=[N+]=NCCC#Cc1ccc(N)c(Cl)c1. The van der Waals surface area contributed by atoms with Gasteiger partial charge in [0.2, 0.25) is 0 Å². The Kier molecular flexibility index (Phi) is 4.36. The second-order valence-corrected chi connectivity index (χ2v) is 3.15. The predicted molar refractivity (Wildman–Crippen MR) is 61.4 cm³/mol. The third-order valence-electron chi connectivity index (χ3n) is 1.63. The molecule has 4 nitrogen and oxygen atoms in total. The number of benzene rings is 1. The number of azide groups is 1. The standard InChI is InChI=1S/C10H9ClN4/c11-9-7-8(4-5-10(9)12)3-1-2-6-14-15-13/h4-5,7H,2,6,12H2. The average molecular weight is 221 g/mol. The van der Waals surface area contributed by atoms with E-state index in [0.29, 0.717) is 23.7 Å². The van der Waals surface area contributed by atoms with E-state index in [1.54, 1.807) is 18.2 Å². The molecule has 1 aromatic carbocycles. The summed E-state index contributed by atoms with van der Waals surface area (Å²) in [6.45, 7) is 0.381. The minimum Gasteiger partial charge on any atom is -0.398 e. The Morgan fingerprint density at radius 2 is 2.33 bits per heavy atom. The highest BCUT2D eigenvalue weighted by Gasteiger charge is 1.94. The van der Waals surface area contributed by atoms with Crippen LogP contribution in [-0.4, -0.2) is 6.54 Å². The van der Waals surface area contributed by atoms with Crippen LogP contribution in [0.25, 0.3) is 10.4 Å². The lowest BCUT2D eigenvalue weighted by Crippen LogP contribution is -1.86. The van der Waals surface area contributed by atoms with Gasteiger partial charge in [0, 0.05) is 23.4 Å². The molecule has 0 saturated heterocycles. The molecule has 0 heterocycles. The summed E-state index contributed by atoms with van der Waals surface area (Å²) in [5.41, 5.74) is 14.9. The van der Waals surface area contributed by atoms with Crippen molar-refractivity contribution >= 4 is 17.3 Å². The van der Waals surface area contributed by atoms with Crippen molar-refractivity contribution in [2.75, 3.05) is 12.3 Å². The van der Waals surface area contributed by atoms with Gasteiger partial charge in [-0.15, -0.1) is 0 Å². The Morgan fingerprint density at radius 3 is 3.00 bits per heavy atom. The Labute approximate surface area is 92.7 Å².